The highest BCUT2D eigenvalue weighted by Gasteiger charge is 2.31. The van der Waals surface area contributed by atoms with Crippen LogP contribution in [0.2, 0.25) is 0 Å². The van der Waals surface area contributed by atoms with E-state index in [1.54, 1.807) is 0 Å². The average molecular weight is 243 g/mol. The number of ether oxygens (including phenoxy) is 1. The number of rotatable bonds is 5. The minimum atomic E-state index is -0.431. The zero-order chi connectivity index (χ0) is 13.9. The zero-order valence-corrected chi connectivity index (χ0v) is 12.5. The van der Waals surface area contributed by atoms with Crippen LogP contribution >= 0.6 is 0 Å². The van der Waals surface area contributed by atoms with Crippen LogP contribution in [0.1, 0.15) is 54.9 Å². The molecule has 0 unspecified atom stereocenters. The summed E-state index contributed by atoms with van der Waals surface area (Å²) >= 11 is 0. The summed E-state index contributed by atoms with van der Waals surface area (Å²) < 4.78 is 5.38. The quantitative estimate of drug-likeness (QED) is 0.755. The highest BCUT2D eigenvalue weighted by molar-refractivity contribution is 5.75. The fourth-order valence-electron chi connectivity index (χ4n) is 1.90. The van der Waals surface area contributed by atoms with Crippen molar-refractivity contribution >= 4 is 5.97 Å². The Morgan fingerprint density at radius 3 is 1.82 bits per heavy atom. The van der Waals surface area contributed by atoms with E-state index in [2.05, 4.69) is 27.7 Å². The first kappa shape index (κ1) is 16.4. The second-order valence-corrected chi connectivity index (χ2v) is 7.54. The summed E-state index contributed by atoms with van der Waals surface area (Å²) in [4.78, 5) is 11.7. The summed E-state index contributed by atoms with van der Waals surface area (Å²) in [6.45, 7) is 15.2. The molecule has 0 radical (unpaired) electrons. The highest BCUT2D eigenvalue weighted by atomic mass is 16.5. The molecule has 0 aromatic rings. The average Bonchev–Trinajstić information content (AvgIpc) is 2.11. The second kappa shape index (κ2) is 5.38. The smallest absolute Gasteiger partial charge is 0.311 e. The predicted octanol–water partition coefficient (Wildman–Crippen LogP) is 2.98. The molecule has 0 saturated carbocycles. The Kier molecular flexibility index (Phi) is 5.20. The zero-order valence-electron chi connectivity index (χ0n) is 12.5. The molecule has 3 heteroatoms. The van der Waals surface area contributed by atoms with Gasteiger partial charge in [-0.3, -0.25) is 4.79 Å². The molecular formula is C14H29NO2. The van der Waals surface area contributed by atoms with Gasteiger partial charge in [0.25, 0.3) is 0 Å². The van der Waals surface area contributed by atoms with Gasteiger partial charge in [-0.25, -0.2) is 0 Å². The van der Waals surface area contributed by atoms with E-state index >= 15 is 0 Å². The summed E-state index contributed by atoms with van der Waals surface area (Å²) in [6, 6.07) is 0. The number of hydrogen-bond donors (Lipinski definition) is 1. The van der Waals surface area contributed by atoms with Crippen LogP contribution in [0.3, 0.4) is 0 Å². The SMILES string of the molecule is CC(C)(CN)CC(C)(C)COC(=O)C(C)(C)C. The van der Waals surface area contributed by atoms with Crippen LogP contribution in [-0.4, -0.2) is 19.1 Å². The third-order valence-corrected chi connectivity index (χ3v) is 2.72. The summed E-state index contributed by atoms with van der Waals surface area (Å²) in [6.07, 6.45) is 0.938. The molecule has 2 N–H and O–H groups in total. The molecule has 17 heavy (non-hydrogen) atoms. The monoisotopic (exact) mass is 243 g/mol. The van der Waals surface area contributed by atoms with E-state index < -0.39 is 5.41 Å². The molecule has 0 rings (SSSR count). The standard InChI is InChI=1S/C14H29NO2/c1-12(2,3)11(16)17-10-14(6,7)8-13(4,5)9-15/h8-10,15H2,1-7H3. The van der Waals surface area contributed by atoms with E-state index in [4.69, 9.17) is 10.5 Å². The highest BCUT2D eigenvalue weighted by Crippen LogP contribution is 2.33. The third-order valence-electron chi connectivity index (χ3n) is 2.72. The minimum Gasteiger partial charge on any atom is -0.465 e. The molecule has 0 aromatic carbocycles. The van der Waals surface area contributed by atoms with Crippen LogP contribution < -0.4 is 5.73 Å². The molecule has 102 valence electrons. The Morgan fingerprint density at radius 1 is 1.00 bits per heavy atom. The number of carbonyl (C=O) groups is 1. The Hall–Kier alpha value is -0.570. The largest absolute Gasteiger partial charge is 0.465 e. The second-order valence-electron chi connectivity index (χ2n) is 7.54. The van der Waals surface area contributed by atoms with Crippen molar-refractivity contribution in [1.29, 1.82) is 0 Å². The van der Waals surface area contributed by atoms with Crippen LogP contribution in [0.5, 0.6) is 0 Å². The van der Waals surface area contributed by atoms with E-state index in [1.807, 2.05) is 20.8 Å². The minimum absolute atomic E-state index is 0.0379. The summed E-state index contributed by atoms with van der Waals surface area (Å²) in [5.74, 6) is -0.142. The topological polar surface area (TPSA) is 52.3 Å². The summed E-state index contributed by atoms with van der Waals surface area (Å²) in [7, 11) is 0. The number of esters is 1. The first-order valence-corrected chi connectivity index (χ1v) is 6.27. The van der Waals surface area contributed by atoms with Crippen molar-refractivity contribution in [3.63, 3.8) is 0 Å². The van der Waals surface area contributed by atoms with E-state index in [0.717, 1.165) is 6.42 Å². The van der Waals surface area contributed by atoms with Gasteiger partial charge in [-0.1, -0.05) is 27.7 Å². The lowest BCUT2D eigenvalue weighted by molar-refractivity contribution is -0.156. The normalized spacial score (nSPS) is 13.6. The van der Waals surface area contributed by atoms with Gasteiger partial charge in [0.2, 0.25) is 0 Å². The van der Waals surface area contributed by atoms with Gasteiger partial charge in [-0.05, 0) is 44.6 Å². The molecule has 0 atom stereocenters. The molecule has 0 aromatic heterocycles. The van der Waals surface area contributed by atoms with Crippen molar-refractivity contribution in [2.75, 3.05) is 13.2 Å². The van der Waals surface area contributed by atoms with Crippen LogP contribution in [-0.2, 0) is 9.53 Å². The van der Waals surface area contributed by atoms with Gasteiger partial charge in [-0.2, -0.15) is 0 Å². The fourth-order valence-corrected chi connectivity index (χ4v) is 1.90. The molecule has 0 amide bonds. The van der Waals surface area contributed by atoms with Gasteiger partial charge in [0.15, 0.2) is 0 Å². The maximum absolute atomic E-state index is 11.7. The number of carbonyl (C=O) groups excluding carboxylic acids is 1. The molecule has 0 aliphatic rings. The summed E-state index contributed by atoms with van der Waals surface area (Å²) in [5, 5.41) is 0. The van der Waals surface area contributed by atoms with E-state index in [0.29, 0.717) is 13.2 Å². The molecule has 0 bridgehead atoms. The van der Waals surface area contributed by atoms with Crippen molar-refractivity contribution in [3.05, 3.63) is 0 Å². The molecule has 0 aliphatic heterocycles. The van der Waals surface area contributed by atoms with E-state index in [1.165, 1.54) is 0 Å². The Labute approximate surface area is 106 Å². The van der Waals surface area contributed by atoms with Crippen molar-refractivity contribution in [1.82, 2.24) is 0 Å². The first-order valence-electron chi connectivity index (χ1n) is 6.27. The molecule has 0 spiro atoms. The maximum Gasteiger partial charge on any atom is 0.311 e. The van der Waals surface area contributed by atoms with Crippen LogP contribution in [0.25, 0.3) is 0 Å². The van der Waals surface area contributed by atoms with Gasteiger partial charge in [-0.15, -0.1) is 0 Å². The van der Waals surface area contributed by atoms with Crippen molar-refractivity contribution in [2.24, 2.45) is 22.0 Å². The first-order chi connectivity index (χ1) is 7.40. The van der Waals surface area contributed by atoms with Crippen LogP contribution in [0, 0.1) is 16.2 Å². The lowest BCUT2D eigenvalue weighted by atomic mass is 9.75. The third kappa shape index (κ3) is 6.67. The molecule has 0 heterocycles. The van der Waals surface area contributed by atoms with Crippen LogP contribution in [0.4, 0.5) is 0 Å². The lowest BCUT2D eigenvalue weighted by Gasteiger charge is -2.34. The number of nitrogens with two attached hydrogens (primary N) is 1. The van der Waals surface area contributed by atoms with E-state index in [9.17, 15) is 4.79 Å². The lowest BCUT2D eigenvalue weighted by Crippen LogP contribution is -2.34. The summed E-state index contributed by atoms with van der Waals surface area (Å²) in [5.41, 5.74) is 5.34. The van der Waals surface area contributed by atoms with Gasteiger partial charge >= 0.3 is 5.97 Å². The van der Waals surface area contributed by atoms with Gasteiger partial charge in [0.1, 0.15) is 0 Å². The Morgan fingerprint density at radius 2 is 1.47 bits per heavy atom. The maximum atomic E-state index is 11.7. The van der Waals surface area contributed by atoms with Gasteiger partial charge in [0, 0.05) is 0 Å². The van der Waals surface area contributed by atoms with Crippen molar-refractivity contribution in [2.45, 2.75) is 54.9 Å². The van der Waals surface area contributed by atoms with Gasteiger partial charge in [0.05, 0.1) is 12.0 Å². The molecular weight excluding hydrogens is 214 g/mol. The van der Waals surface area contributed by atoms with Crippen molar-refractivity contribution < 1.29 is 9.53 Å². The Balaban J connectivity index is 4.33. The Bertz CT molecular complexity index is 262. The predicted molar refractivity (Wildman–Crippen MR) is 71.6 cm³/mol. The van der Waals surface area contributed by atoms with Gasteiger partial charge < -0.3 is 10.5 Å². The molecule has 0 fully saturated rings. The number of hydrogen-bond acceptors (Lipinski definition) is 3. The van der Waals surface area contributed by atoms with Crippen LogP contribution in [0.15, 0.2) is 0 Å². The van der Waals surface area contributed by atoms with E-state index in [-0.39, 0.29) is 16.8 Å². The molecule has 3 nitrogen and oxygen atoms in total. The molecule has 0 aliphatic carbocycles. The fraction of sp³-hybridized carbons (Fsp3) is 0.929. The molecule has 0 saturated heterocycles. The van der Waals surface area contributed by atoms with Crippen molar-refractivity contribution in [3.8, 4) is 0 Å².